The van der Waals surface area contributed by atoms with Crippen LogP contribution in [0.25, 0.3) is 22.3 Å². The Morgan fingerprint density at radius 1 is 1.25 bits per heavy atom. The van der Waals surface area contributed by atoms with Gasteiger partial charge in [-0.15, -0.1) is 0 Å². The number of nitrogens with zero attached hydrogens (tertiary/aromatic N) is 2. The lowest BCUT2D eigenvalue weighted by atomic mass is 10.1. The van der Waals surface area contributed by atoms with Crippen LogP contribution in [-0.4, -0.2) is 16.7 Å². The molecular formula is C13H12N2O. The van der Waals surface area contributed by atoms with Crippen LogP contribution in [-0.2, 0) is 7.05 Å². The Labute approximate surface area is 93.6 Å². The lowest BCUT2D eigenvalue weighted by molar-refractivity contribution is 0.415. The van der Waals surface area contributed by atoms with Crippen LogP contribution in [0.4, 0.5) is 0 Å². The number of aromatic nitrogens is 2. The minimum absolute atomic E-state index is 0.869. The first-order valence-electron chi connectivity index (χ1n) is 5.18. The van der Waals surface area contributed by atoms with Crippen LogP contribution in [0.3, 0.4) is 0 Å². The summed E-state index contributed by atoms with van der Waals surface area (Å²) in [7, 11) is 3.69. The van der Waals surface area contributed by atoms with Crippen LogP contribution in [0.1, 0.15) is 0 Å². The number of benzene rings is 1. The summed E-state index contributed by atoms with van der Waals surface area (Å²) in [6.45, 7) is 0. The van der Waals surface area contributed by atoms with Gasteiger partial charge in [0, 0.05) is 24.2 Å². The minimum Gasteiger partial charge on any atom is -0.497 e. The van der Waals surface area contributed by atoms with Crippen molar-refractivity contribution in [1.82, 2.24) is 9.55 Å². The summed E-state index contributed by atoms with van der Waals surface area (Å²) in [6.07, 6.45) is 2.01. The van der Waals surface area contributed by atoms with E-state index in [2.05, 4.69) is 11.1 Å². The smallest absolute Gasteiger partial charge is 0.140 e. The standard InChI is InChI=1S/C13H12N2O/c1-15-7-3-4-10-11-8-9(16-2)5-6-12(11)14-13(10)15/h3-8H,1-2H3. The highest BCUT2D eigenvalue weighted by Gasteiger charge is 2.13. The van der Waals surface area contributed by atoms with E-state index in [4.69, 9.17) is 4.74 Å². The van der Waals surface area contributed by atoms with E-state index in [9.17, 15) is 0 Å². The van der Waals surface area contributed by atoms with E-state index >= 15 is 0 Å². The fourth-order valence-electron chi connectivity index (χ4n) is 2.02. The molecule has 1 aromatic rings. The van der Waals surface area contributed by atoms with Gasteiger partial charge in [-0.05, 0) is 30.3 Å². The molecule has 2 aliphatic rings. The Kier molecular flexibility index (Phi) is 1.86. The summed E-state index contributed by atoms with van der Waals surface area (Å²) >= 11 is 0. The maximum absolute atomic E-state index is 5.24. The molecule has 0 aliphatic carbocycles. The summed E-state index contributed by atoms with van der Waals surface area (Å²) < 4.78 is 7.27. The second-order valence-electron chi connectivity index (χ2n) is 3.85. The fourth-order valence-corrected chi connectivity index (χ4v) is 2.02. The van der Waals surface area contributed by atoms with E-state index in [1.54, 1.807) is 7.11 Å². The van der Waals surface area contributed by atoms with Gasteiger partial charge in [0.25, 0.3) is 0 Å². The Hall–Kier alpha value is -2.03. The Morgan fingerprint density at radius 2 is 2.12 bits per heavy atom. The molecule has 0 fully saturated rings. The third kappa shape index (κ3) is 1.18. The zero-order valence-electron chi connectivity index (χ0n) is 9.27. The van der Waals surface area contributed by atoms with Crippen molar-refractivity contribution in [2.24, 2.45) is 7.05 Å². The molecule has 0 saturated heterocycles. The molecule has 16 heavy (non-hydrogen) atoms. The number of hydrogen-bond donors (Lipinski definition) is 0. The van der Waals surface area contributed by atoms with Gasteiger partial charge in [0.1, 0.15) is 11.6 Å². The quantitative estimate of drug-likeness (QED) is 0.620. The summed E-state index contributed by atoms with van der Waals surface area (Å²) in [6, 6.07) is 10.1. The normalized spacial score (nSPS) is 11.1. The Balaban J connectivity index is 2.40. The van der Waals surface area contributed by atoms with E-state index < -0.39 is 0 Å². The first-order chi connectivity index (χ1) is 7.79. The maximum atomic E-state index is 5.24. The van der Waals surface area contributed by atoms with E-state index in [1.165, 1.54) is 5.56 Å². The predicted octanol–water partition coefficient (Wildman–Crippen LogP) is 2.69. The molecule has 0 atom stereocenters. The number of pyridine rings is 1. The van der Waals surface area contributed by atoms with Crippen LogP contribution in [0.15, 0.2) is 36.5 Å². The summed E-state index contributed by atoms with van der Waals surface area (Å²) in [5, 5.41) is 1.14. The lowest BCUT2D eigenvalue weighted by Crippen LogP contribution is -1.94. The molecule has 3 heteroatoms. The average molecular weight is 212 g/mol. The molecule has 3 rings (SSSR count). The SMILES string of the molecule is COc1ccc2nc3n(C)cccc-3c2c1. The highest BCUT2D eigenvalue weighted by molar-refractivity contribution is 5.97. The fraction of sp³-hybridized carbons (Fsp3) is 0.154. The van der Waals surface area contributed by atoms with E-state index in [-0.39, 0.29) is 0 Å². The van der Waals surface area contributed by atoms with Crippen molar-refractivity contribution in [3.63, 3.8) is 0 Å². The first-order valence-corrected chi connectivity index (χ1v) is 5.18. The molecule has 2 heterocycles. The van der Waals surface area contributed by atoms with Gasteiger partial charge in [0.05, 0.1) is 12.6 Å². The molecule has 0 bridgehead atoms. The van der Waals surface area contributed by atoms with Gasteiger partial charge in [-0.3, -0.25) is 0 Å². The van der Waals surface area contributed by atoms with E-state index in [0.29, 0.717) is 0 Å². The van der Waals surface area contributed by atoms with Gasteiger partial charge >= 0.3 is 0 Å². The van der Waals surface area contributed by atoms with Gasteiger partial charge in [-0.2, -0.15) is 0 Å². The molecule has 1 aromatic carbocycles. The Bertz CT molecular complexity index is 627. The molecule has 0 radical (unpaired) electrons. The van der Waals surface area contributed by atoms with Crippen molar-refractivity contribution in [1.29, 1.82) is 0 Å². The van der Waals surface area contributed by atoms with Gasteiger partial charge in [0.15, 0.2) is 0 Å². The van der Waals surface area contributed by atoms with Crippen LogP contribution in [0.2, 0.25) is 0 Å². The number of methoxy groups -OCH3 is 1. The topological polar surface area (TPSA) is 27.1 Å². The molecule has 0 unspecified atom stereocenters. The number of rotatable bonds is 1. The molecule has 0 amide bonds. The van der Waals surface area contributed by atoms with Crippen molar-refractivity contribution < 1.29 is 4.74 Å². The van der Waals surface area contributed by atoms with Crippen molar-refractivity contribution >= 4 is 10.9 Å². The Morgan fingerprint density at radius 3 is 2.94 bits per heavy atom. The molecule has 2 aliphatic heterocycles. The molecule has 0 saturated carbocycles. The zero-order valence-corrected chi connectivity index (χ0v) is 9.27. The van der Waals surface area contributed by atoms with Gasteiger partial charge < -0.3 is 9.30 Å². The molecule has 3 nitrogen and oxygen atoms in total. The maximum Gasteiger partial charge on any atom is 0.140 e. The number of fused-ring (bicyclic) bond motifs is 3. The number of ether oxygens (including phenoxy) is 1. The van der Waals surface area contributed by atoms with Crippen LogP contribution in [0, 0.1) is 0 Å². The summed E-state index contributed by atoms with van der Waals surface area (Å²) in [4.78, 5) is 4.60. The minimum atomic E-state index is 0.869. The summed E-state index contributed by atoms with van der Waals surface area (Å²) in [5.41, 5.74) is 2.18. The zero-order chi connectivity index (χ0) is 11.1. The van der Waals surface area contributed by atoms with Gasteiger partial charge in [0.2, 0.25) is 0 Å². The molecule has 0 aromatic heterocycles. The molecular weight excluding hydrogens is 200 g/mol. The average Bonchev–Trinajstić information content (AvgIpc) is 2.68. The first kappa shape index (κ1) is 9.21. The number of hydrogen-bond acceptors (Lipinski definition) is 2. The third-order valence-corrected chi connectivity index (χ3v) is 2.87. The van der Waals surface area contributed by atoms with Crippen LogP contribution < -0.4 is 4.74 Å². The van der Waals surface area contributed by atoms with Crippen molar-refractivity contribution in [3.8, 4) is 17.1 Å². The highest BCUT2D eigenvalue weighted by Crippen LogP contribution is 2.32. The van der Waals surface area contributed by atoms with Crippen molar-refractivity contribution in [2.45, 2.75) is 0 Å². The molecule has 80 valence electrons. The molecule has 0 spiro atoms. The van der Waals surface area contributed by atoms with E-state index in [0.717, 1.165) is 22.5 Å². The van der Waals surface area contributed by atoms with Gasteiger partial charge in [-0.1, -0.05) is 0 Å². The van der Waals surface area contributed by atoms with E-state index in [1.807, 2.05) is 42.1 Å². The highest BCUT2D eigenvalue weighted by atomic mass is 16.5. The van der Waals surface area contributed by atoms with Crippen LogP contribution in [0.5, 0.6) is 5.75 Å². The van der Waals surface area contributed by atoms with Crippen molar-refractivity contribution in [2.75, 3.05) is 7.11 Å². The second-order valence-corrected chi connectivity index (χ2v) is 3.85. The van der Waals surface area contributed by atoms with Gasteiger partial charge in [-0.25, -0.2) is 4.98 Å². The summed E-state index contributed by atoms with van der Waals surface area (Å²) in [5.74, 6) is 1.87. The second kappa shape index (κ2) is 3.23. The third-order valence-electron chi connectivity index (χ3n) is 2.87. The van der Waals surface area contributed by atoms with Crippen LogP contribution >= 0.6 is 0 Å². The largest absolute Gasteiger partial charge is 0.497 e. The monoisotopic (exact) mass is 212 g/mol. The predicted molar refractivity (Wildman–Crippen MR) is 63.9 cm³/mol. The molecule has 0 N–H and O–H groups in total. The number of aryl methyl sites for hydroxylation is 1. The van der Waals surface area contributed by atoms with Crippen molar-refractivity contribution in [3.05, 3.63) is 36.5 Å². The lowest BCUT2D eigenvalue weighted by Gasteiger charge is -2.04.